The number of carbonyl (C=O) groups excluding carboxylic acids is 2. The Kier molecular flexibility index (Phi) is 7.60. The number of likely N-dealkylation sites (tertiary alicyclic amines) is 1. The van der Waals surface area contributed by atoms with Crippen molar-refractivity contribution in [1.29, 1.82) is 0 Å². The fourth-order valence-electron chi connectivity index (χ4n) is 3.66. The lowest BCUT2D eigenvalue weighted by Crippen LogP contribution is -2.51. The lowest BCUT2D eigenvalue weighted by molar-refractivity contribution is -0.134. The first-order valence-electron chi connectivity index (χ1n) is 9.83. The molecular formula is C22H28N2O3S. The molecule has 0 bridgehead atoms. The number of furan rings is 1. The van der Waals surface area contributed by atoms with Crippen LogP contribution >= 0.6 is 11.8 Å². The summed E-state index contributed by atoms with van der Waals surface area (Å²) in [7, 11) is 0. The van der Waals surface area contributed by atoms with Crippen LogP contribution in [0, 0.1) is 5.92 Å². The lowest BCUT2D eigenvalue weighted by atomic mass is 9.90. The normalized spacial score (nSPS) is 16.0. The van der Waals surface area contributed by atoms with Crippen LogP contribution in [0.15, 0.2) is 53.1 Å². The minimum Gasteiger partial charge on any atom is -0.459 e. The Morgan fingerprint density at radius 3 is 2.57 bits per heavy atom. The Morgan fingerprint density at radius 1 is 1.18 bits per heavy atom. The van der Waals surface area contributed by atoms with Crippen LogP contribution in [-0.4, -0.2) is 47.9 Å². The van der Waals surface area contributed by atoms with Crippen LogP contribution in [0.4, 0.5) is 0 Å². The number of hydrogen-bond donors (Lipinski definition) is 1. The summed E-state index contributed by atoms with van der Waals surface area (Å²) in [6, 6.07) is 13.3. The number of rotatable bonds is 8. The van der Waals surface area contributed by atoms with Gasteiger partial charge in [-0.2, -0.15) is 11.8 Å². The molecule has 1 saturated heterocycles. The molecule has 1 aromatic heterocycles. The van der Waals surface area contributed by atoms with E-state index in [9.17, 15) is 9.59 Å². The second-order valence-corrected chi connectivity index (χ2v) is 8.23. The molecule has 6 heteroatoms. The molecule has 0 radical (unpaired) electrons. The molecule has 1 atom stereocenters. The van der Waals surface area contributed by atoms with E-state index in [4.69, 9.17) is 4.42 Å². The first-order valence-corrected chi connectivity index (χ1v) is 11.2. The quantitative estimate of drug-likeness (QED) is 0.735. The van der Waals surface area contributed by atoms with Gasteiger partial charge in [0.15, 0.2) is 5.76 Å². The van der Waals surface area contributed by atoms with Crippen molar-refractivity contribution in [3.05, 3.63) is 60.1 Å². The monoisotopic (exact) mass is 400 g/mol. The smallest absolute Gasteiger partial charge is 0.287 e. The third-order valence-corrected chi connectivity index (χ3v) is 5.90. The van der Waals surface area contributed by atoms with E-state index in [1.165, 1.54) is 11.8 Å². The Morgan fingerprint density at radius 2 is 1.93 bits per heavy atom. The summed E-state index contributed by atoms with van der Waals surface area (Å²) in [6.07, 6.45) is 7.16. The number of nitrogens with one attached hydrogen (secondary N) is 1. The number of piperidine rings is 1. The van der Waals surface area contributed by atoms with Crippen molar-refractivity contribution in [2.75, 3.05) is 25.1 Å². The second-order valence-electron chi connectivity index (χ2n) is 7.24. The van der Waals surface area contributed by atoms with E-state index in [1.54, 1.807) is 23.9 Å². The molecule has 0 spiro atoms. The van der Waals surface area contributed by atoms with Crippen molar-refractivity contribution in [2.24, 2.45) is 5.92 Å². The number of thioether (sulfide) groups is 1. The van der Waals surface area contributed by atoms with Gasteiger partial charge in [-0.25, -0.2) is 0 Å². The van der Waals surface area contributed by atoms with Crippen LogP contribution in [-0.2, 0) is 11.2 Å². The van der Waals surface area contributed by atoms with Crippen molar-refractivity contribution >= 4 is 23.6 Å². The Hall–Kier alpha value is -2.21. The van der Waals surface area contributed by atoms with Crippen molar-refractivity contribution in [3.63, 3.8) is 0 Å². The lowest BCUT2D eigenvalue weighted by Gasteiger charge is -2.34. The molecule has 2 aromatic rings. The Bertz CT molecular complexity index is 740. The van der Waals surface area contributed by atoms with Crippen molar-refractivity contribution < 1.29 is 14.0 Å². The fourth-order valence-corrected chi connectivity index (χ4v) is 4.13. The van der Waals surface area contributed by atoms with Gasteiger partial charge in [-0.1, -0.05) is 30.3 Å². The summed E-state index contributed by atoms with van der Waals surface area (Å²) in [4.78, 5) is 27.3. The second kappa shape index (κ2) is 10.4. The number of hydrogen-bond acceptors (Lipinski definition) is 4. The predicted octanol–water partition coefficient (Wildman–Crippen LogP) is 3.61. The third-order valence-electron chi connectivity index (χ3n) is 5.25. The van der Waals surface area contributed by atoms with Gasteiger partial charge >= 0.3 is 0 Å². The van der Waals surface area contributed by atoms with Gasteiger partial charge < -0.3 is 14.6 Å². The molecule has 1 aliphatic rings. The minimum atomic E-state index is -0.504. The van der Waals surface area contributed by atoms with E-state index in [0.717, 1.165) is 38.1 Å². The Balaban J connectivity index is 1.54. The molecular weight excluding hydrogens is 372 g/mol. The van der Waals surface area contributed by atoms with Crippen LogP contribution in [0.2, 0.25) is 0 Å². The number of amides is 2. The standard InChI is InChI=1S/C22H28N2O3S/c1-28-15-11-19(23-21(25)20-8-5-14-27-20)22(26)24-12-9-18(10-13-24)16-17-6-3-2-4-7-17/h2-8,14,18-19H,9-13,15-16H2,1H3,(H,23,25). The molecule has 5 nitrogen and oxygen atoms in total. The average Bonchev–Trinajstić information content (AvgIpc) is 3.27. The molecule has 1 aliphatic heterocycles. The highest BCUT2D eigenvalue weighted by molar-refractivity contribution is 7.98. The van der Waals surface area contributed by atoms with Gasteiger partial charge in [-0.3, -0.25) is 9.59 Å². The van der Waals surface area contributed by atoms with Crippen LogP contribution < -0.4 is 5.32 Å². The van der Waals surface area contributed by atoms with Gasteiger partial charge in [-0.05, 0) is 61.3 Å². The Labute approximate surface area is 170 Å². The minimum absolute atomic E-state index is 0.0205. The molecule has 28 heavy (non-hydrogen) atoms. The summed E-state index contributed by atoms with van der Waals surface area (Å²) < 4.78 is 5.15. The van der Waals surface area contributed by atoms with Gasteiger partial charge in [0.1, 0.15) is 6.04 Å². The molecule has 1 unspecified atom stereocenters. The van der Waals surface area contributed by atoms with Crippen LogP contribution in [0.5, 0.6) is 0 Å². The highest BCUT2D eigenvalue weighted by atomic mass is 32.2. The summed E-state index contributed by atoms with van der Waals surface area (Å²) in [6.45, 7) is 1.51. The topological polar surface area (TPSA) is 62.6 Å². The maximum atomic E-state index is 13.0. The van der Waals surface area contributed by atoms with Crippen molar-refractivity contribution in [2.45, 2.75) is 31.7 Å². The summed E-state index contributed by atoms with van der Waals surface area (Å²) >= 11 is 1.67. The first-order chi connectivity index (χ1) is 13.7. The fraction of sp³-hybridized carbons (Fsp3) is 0.455. The van der Waals surface area contributed by atoms with E-state index >= 15 is 0 Å². The highest BCUT2D eigenvalue weighted by Gasteiger charge is 2.29. The molecule has 1 aromatic carbocycles. The van der Waals surface area contributed by atoms with Crippen LogP contribution in [0.25, 0.3) is 0 Å². The van der Waals surface area contributed by atoms with Gasteiger partial charge in [0.2, 0.25) is 5.91 Å². The molecule has 2 amide bonds. The number of benzene rings is 1. The van der Waals surface area contributed by atoms with E-state index in [1.807, 2.05) is 17.2 Å². The summed E-state index contributed by atoms with van der Waals surface area (Å²) in [5, 5.41) is 2.87. The number of carbonyl (C=O) groups is 2. The maximum Gasteiger partial charge on any atom is 0.287 e. The molecule has 1 N–H and O–H groups in total. The zero-order valence-corrected chi connectivity index (χ0v) is 17.1. The summed E-state index contributed by atoms with van der Waals surface area (Å²) in [5.41, 5.74) is 1.36. The van der Waals surface area contributed by atoms with Gasteiger partial charge in [0, 0.05) is 13.1 Å². The largest absolute Gasteiger partial charge is 0.459 e. The van der Waals surface area contributed by atoms with Gasteiger partial charge in [0.05, 0.1) is 6.26 Å². The molecule has 150 valence electrons. The van der Waals surface area contributed by atoms with Crippen LogP contribution in [0.3, 0.4) is 0 Å². The van der Waals surface area contributed by atoms with Crippen molar-refractivity contribution in [3.8, 4) is 0 Å². The SMILES string of the molecule is CSCCC(NC(=O)c1ccco1)C(=O)N1CCC(Cc2ccccc2)CC1. The summed E-state index contributed by atoms with van der Waals surface area (Å²) in [5.74, 6) is 1.35. The zero-order valence-electron chi connectivity index (χ0n) is 16.3. The average molecular weight is 401 g/mol. The number of nitrogens with zero attached hydrogens (tertiary/aromatic N) is 1. The van der Waals surface area contributed by atoms with E-state index in [-0.39, 0.29) is 17.6 Å². The molecule has 2 heterocycles. The molecule has 0 saturated carbocycles. The predicted molar refractivity (Wildman–Crippen MR) is 112 cm³/mol. The maximum absolute atomic E-state index is 13.0. The van der Waals surface area contributed by atoms with E-state index in [0.29, 0.717) is 12.3 Å². The van der Waals surface area contributed by atoms with Gasteiger partial charge in [-0.15, -0.1) is 0 Å². The zero-order chi connectivity index (χ0) is 19.8. The van der Waals surface area contributed by atoms with Crippen LogP contribution in [0.1, 0.15) is 35.4 Å². The van der Waals surface area contributed by atoms with Gasteiger partial charge in [0.25, 0.3) is 5.91 Å². The first kappa shape index (κ1) is 20.5. The molecule has 0 aliphatic carbocycles. The highest BCUT2D eigenvalue weighted by Crippen LogP contribution is 2.22. The molecule has 3 rings (SSSR count). The van der Waals surface area contributed by atoms with E-state index < -0.39 is 6.04 Å². The van der Waals surface area contributed by atoms with E-state index in [2.05, 4.69) is 29.6 Å². The third kappa shape index (κ3) is 5.64. The van der Waals surface area contributed by atoms with Crippen molar-refractivity contribution in [1.82, 2.24) is 10.2 Å². The molecule has 1 fully saturated rings.